The highest BCUT2D eigenvalue weighted by atomic mass is 16.5. The Morgan fingerprint density at radius 2 is 1.93 bits per heavy atom. The first-order valence-corrected chi connectivity index (χ1v) is 5.77. The van der Waals surface area contributed by atoms with Crippen LogP contribution in [-0.4, -0.2) is 25.2 Å². The van der Waals surface area contributed by atoms with Crippen molar-refractivity contribution in [1.82, 2.24) is 5.32 Å². The highest BCUT2D eigenvalue weighted by molar-refractivity contribution is 5.72. The van der Waals surface area contributed by atoms with Crippen LogP contribution in [0.2, 0.25) is 0 Å². The molecule has 0 spiro atoms. The maximum Gasteiger partial charge on any atom is 0.309 e. The highest BCUT2D eigenvalue weighted by Gasteiger charge is 2.26. The topological polar surface area (TPSA) is 38.3 Å². The monoisotopic (exact) mass is 197 g/mol. The van der Waals surface area contributed by atoms with Gasteiger partial charge in [0.1, 0.15) is 6.10 Å². The second-order valence-electron chi connectivity index (χ2n) is 4.39. The van der Waals surface area contributed by atoms with Crippen molar-refractivity contribution in [3.8, 4) is 0 Å². The van der Waals surface area contributed by atoms with Gasteiger partial charge in [-0.15, -0.1) is 0 Å². The molecule has 1 aliphatic heterocycles. The molecule has 1 N–H and O–H groups in total. The van der Waals surface area contributed by atoms with Crippen molar-refractivity contribution in [2.45, 2.75) is 44.6 Å². The molecule has 1 saturated heterocycles. The third-order valence-electron chi connectivity index (χ3n) is 3.22. The van der Waals surface area contributed by atoms with Crippen LogP contribution in [0, 0.1) is 5.92 Å². The van der Waals surface area contributed by atoms with Crippen LogP contribution in [0.5, 0.6) is 0 Å². The summed E-state index contributed by atoms with van der Waals surface area (Å²) in [5, 5.41) is 3.25. The van der Waals surface area contributed by atoms with Crippen LogP contribution in [0.3, 0.4) is 0 Å². The lowest BCUT2D eigenvalue weighted by Gasteiger charge is -2.24. The highest BCUT2D eigenvalue weighted by Crippen LogP contribution is 2.26. The number of nitrogens with one attached hydrogen (secondary N) is 1. The zero-order valence-electron chi connectivity index (χ0n) is 8.63. The summed E-state index contributed by atoms with van der Waals surface area (Å²) in [5.41, 5.74) is 0. The average Bonchev–Trinajstić information content (AvgIpc) is 2.72. The molecule has 1 aliphatic carbocycles. The Labute approximate surface area is 85.2 Å². The van der Waals surface area contributed by atoms with E-state index in [1.54, 1.807) is 0 Å². The summed E-state index contributed by atoms with van der Waals surface area (Å²) in [6.07, 6.45) is 6.77. The smallest absolute Gasteiger partial charge is 0.309 e. The van der Waals surface area contributed by atoms with E-state index in [1.807, 2.05) is 0 Å². The molecule has 1 saturated carbocycles. The first-order valence-electron chi connectivity index (χ1n) is 5.77. The van der Waals surface area contributed by atoms with Crippen molar-refractivity contribution >= 4 is 5.97 Å². The van der Waals surface area contributed by atoms with Crippen molar-refractivity contribution in [3.05, 3.63) is 0 Å². The average molecular weight is 197 g/mol. The lowest BCUT2D eigenvalue weighted by molar-refractivity contribution is -0.154. The number of rotatable bonds is 2. The predicted molar refractivity (Wildman–Crippen MR) is 53.9 cm³/mol. The summed E-state index contributed by atoms with van der Waals surface area (Å²) in [6, 6.07) is 0. The van der Waals surface area contributed by atoms with Gasteiger partial charge in [0.25, 0.3) is 0 Å². The summed E-state index contributed by atoms with van der Waals surface area (Å²) in [4.78, 5) is 11.7. The van der Waals surface area contributed by atoms with Crippen LogP contribution in [-0.2, 0) is 9.53 Å². The summed E-state index contributed by atoms with van der Waals surface area (Å²) in [6.45, 7) is 1.91. The fourth-order valence-corrected chi connectivity index (χ4v) is 2.34. The van der Waals surface area contributed by atoms with E-state index in [2.05, 4.69) is 5.32 Å². The van der Waals surface area contributed by atoms with Gasteiger partial charge in [0.05, 0.1) is 5.92 Å². The van der Waals surface area contributed by atoms with E-state index in [4.69, 9.17) is 4.74 Å². The lowest BCUT2D eigenvalue weighted by atomic mass is 10.1. The van der Waals surface area contributed by atoms with Crippen molar-refractivity contribution in [2.75, 3.05) is 13.1 Å². The van der Waals surface area contributed by atoms with Crippen LogP contribution in [0.25, 0.3) is 0 Å². The van der Waals surface area contributed by atoms with Crippen LogP contribution >= 0.6 is 0 Å². The van der Waals surface area contributed by atoms with Gasteiger partial charge in [-0.25, -0.2) is 0 Å². The molecular weight excluding hydrogens is 178 g/mol. The fourth-order valence-electron chi connectivity index (χ4n) is 2.34. The Balaban J connectivity index is 1.75. The standard InChI is InChI=1S/C11H19NO2/c13-11(9-4-1-2-5-9)14-10-6-3-7-12-8-10/h9-10,12H,1-8H2/t10-/m1/s1. The summed E-state index contributed by atoms with van der Waals surface area (Å²) < 4.78 is 5.47. The molecule has 80 valence electrons. The Kier molecular flexibility index (Phi) is 3.40. The third kappa shape index (κ3) is 2.47. The van der Waals surface area contributed by atoms with Crippen molar-refractivity contribution in [1.29, 1.82) is 0 Å². The summed E-state index contributed by atoms with van der Waals surface area (Å²) >= 11 is 0. The van der Waals surface area contributed by atoms with Gasteiger partial charge in [-0.1, -0.05) is 12.8 Å². The molecular formula is C11H19NO2. The van der Waals surface area contributed by atoms with Gasteiger partial charge in [0, 0.05) is 6.54 Å². The van der Waals surface area contributed by atoms with E-state index in [-0.39, 0.29) is 18.0 Å². The van der Waals surface area contributed by atoms with E-state index in [0.717, 1.165) is 38.8 Å². The van der Waals surface area contributed by atoms with Crippen LogP contribution in [0.1, 0.15) is 38.5 Å². The maximum atomic E-state index is 11.7. The number of ether oxygens (including phenoxy) is 1. The maximum absolute atomic E-state index is 11.7. The van der Waals surface area contributed by atoms with Gasteiger partial charge in [-0.3, -0.25) is 4.79 Å². The van der Waals surface area contributed by atoms with Crippen LogP contribution < -0.4 is 5.32 Å². The SMILES string of the molecule is O=C(O[C@@H]1CCCNC1)C1CCCC1. The molecule has 0 amide bonds. The molecule has 2 rings (SSSR count). The normalized spacial score (nSPS) is 29.0. The molecule has 0 radical (unpaired) electrons. The second-order valence-corrected chi connectivity index (χ2v) is 4.39. The largest absolute Gasteiger partial charge is 0.461 e. The molecule has 2 aliphatic rings. The Hall–Kier alpha value is -0.570. The number of hydrogen-bond acceptors (Lipinski definition) is 3. The molecule has 0 aromatic rings. The molecule has 3 heteroatoms. The molecule has 1 atom stereocenters. The van der Waals surface area contributed by atoms with Gasteiger partial charge in [0.2, 0.25) is 0 Å². The molecule has 0 bridgehead atoms. The van der Waals surface area contributed by atoms with Crippen molar-refractivity contribution < 1.29 is 9.53 Å². The minimum atomic E-state index is 0.0520. The van der Waals surface area contributed by atoms with Crippen molar-refractivity contribution in [3.63, 3.8) is 0 Å². The van der Waals surface area contributed by atoms with Crippen LogP contribution in [0.4, 0.5) is 0 Å². The Morgan fingerprint density at radius 3 is 2.57 bits per heavy atom. The summed E-state index contributed by atoms with van der Waals surface area (Å²) in [5.74, 6) is 0.258. The molecule has 3 nitrogen and oxygen atoms in total. The summed E-state index contributed by atoms with van der Waals surface area (Å²) in [7, 11) is 0. The van der Waals surface area contributed by atoms with Crippen molar-refractivity contribution in [2.24, 2.45) is 5.92 Å². The van der Waals surface area contributed by atoms with Crippen LogP contribution in [0.15, 0.2) is 0 Å². The second kappa shape index (κ2) is 4.78. The quantitative estimate of drug-likeness (QED) is 0.681. The van der Waals surface area contributed by atoms with Gasteiger partial charge >= 0.3 is 5.97 Å². The third-order valence-corrected chi connectivity index (χ3v) is 3.22. The van der Waals surface area contributed by atoms with Gasteiger partial charge in [-0.05, 0) is 32.2 Å². The lowest BCUT2D eigenvalue weighted by Crippen LogP contribution is -2.37. The zero-order valence-corrected chi connectivity index (χ0v) is 8.63. The molecule has 0 aromatic heterocycles. The number of piperidine rings is 1. The van der Waals surface area contributed by atoms with E-state index in [1.165, 1.54) is 12.8 Å². The van der Waals surface area contributed by atoms with E-state index >= 15 is 0 Å². The zero-order chi connectivity index (χ0) is 9.80. The molecule has 14 heavy (non-hydrogen) atoms. The predicted octanol–water partition coefficient (Wildman–Crippen LogP) is 1.47. The Bertz CT molecular complexity index is 193. The number of esters is 1. The van der Waals surface area contributed by atoms with Gasteiger partial charge in [0.15, 0.2) is 0 Å². The van der Waals surface area contributed by atoms with E-state index < -0.39 is 0 Å². The molecule has 2 fully saturated rings. The first kappa shape index (κ1) is 9.97. The van der Waals surface area contributed by atoms with E-state index in [0.29, 0.717) is 0 Å². The van der Waals surface area contributed by atoms with Gasteiger partial charge < -0.3 is 10.1 Å². The molecule has 1 heterocycles. The van der Waals surface area contributed by atoms with E-state index in [9.17, 15) is 4.79 Å². The fraction of sp³-hybridized carbons (Fsp3) is 0.909. The van der Waals surface area contributed by atoms with Gasteiger partial charge in [-0.2, -0.15) is 0 Å². The minimum Gasteiger partial charge on any atom is -0.461 e. The number of carbonyl (C=O) groups is 1. The first-order chi connectivity index (χ1) is 6.86. The number of hydrogen-bond donors (Lipinski definition) is 1. The molecule has 0 aromatic carbocycles. The molecule has 0 unspecified atom stereocenters. The number of carbonyl (C=O) groups excluding carboxylic acids is 1. The minimum absolute atomic E-state index is 0.0520. The Morgan fingerprint density at radius 1 is 1.14 bits per heavy atom.